The number of aliphatic hydroxyl groups excluding tert-OH is 1. The van der Waals surface area contributed by atoms with Crippen LogP contribution in [-0.2, 0) is 5.92 Å². The van der Waals surface area contributed by atoms with Crippen LogP contribution in [0.25, 0.3) is 0 Å². The first-order valence-electron chi connectivity index (χ1n) is 3.36. The van der Waals surface area contributed by atoms with Crippen LogP contribution >= 0.6 is 0 Å². The van der Waals surface area contributed by atoms with E-state index in [-0.39, 0.29) is 5.69 Å². The fourth-order valence-electron chi connectivity index (χ4n) is 0.725. The van der Waals surface area contributed by atoms with E-state index < -0.39 is 18.0 Å². The Bertz CT molecular complexity index is 286. The molecule has 0 saturated carbocycles. The summed E-state index contributed by atoms with van der Waals surface area (Å²) in [5.41, 5.74) is 4.52. The maximum atomic E-state index is 12.7. The van der Waals surface area contributed by atoms with Crippen LogP contribution in [-0.4, -0.2) is 16.4 Å². The lowest BCUT2D eigenvalue weighted by Crippen LogP contribution is -2.27. The van der Waals surface area contributed by atoms with Gasteiger partial charge in [0, 0.05) is 0 Å². The summed E-state index contributed by atoms with van der Waals surface area (Å²) in [7, 11) is 0. The molecule has 0 fully saturated rings. The molecule has 0 spiro atoms. The molecule has 0 amide bonds. The minimum atomic E-state index is -3.99. The molecule has 3 N–H and O–H groups in total. The number of rotatable bonds is 2. The van der Waals surface area contributed by atoms with Crippen LogP contribution < -0.4 is 5.73 Å². The summed E-state index contributed by atoms with van der Waals surface area (Å²) >= 11 is 0. The highest BCUT2D eigenvalue weighted by Gasteiger charge is 2.42. The third-order valence-corrected chi connectivity index (χ3v) is 1.43. The van der Waals surface area contributed by atoms with Gasteiger partial charge in [-0.3, -0.25) is 4.98 Å². The van der Waals surface area contributed by atoms with E-state index in [1.165, 1.54) is 0 Å². The topological polar surface area (TPSA) is 59.1 Å². The van der Waals surface area contributed by atoms with Gasteiger partial charge in [-0.2, -0.15) is 8.78 Å². The Morgan fingerprint density at radius 3 is 2.46 bits per heavy atom. The fourth-order valence-corrected chi connectivity index (χ4v) is 0.725. The zero-order valence-corrected chi connectivity index (χ0v) is 6.42. The average molecular weight is 192 g/mol. The number of aromatic nitrogens is 1. The Balaban J connectivity index is 3.01. The van der Waals surface area contributed by atoms with Crippen LogP contribution in [0.15, 0.2) is 18.3 Å². The van der Waals surface area contributed by atoms with Gasteiger partial charge in [0.1, 0.15) is 5.69 Å². The van der Waals surface area contributed by atoms with Crippen molar-refractivity contribution in [2.75, 3.05) is 5.73 Å². The zero-order valence-electron chi connectivity index (χ0n) is 6.42. The molecule has 3 nitrogen and oxygen atoms in total. The molecule has 0 aliphatic heterocycles. The second-order valence-electron chi connectivity index (χ2n) is 2.44. The largest absolute Gasteiger partial charge is 0.397 e. The van der Waals surface area contributed by atoms with Crippen molar-refractivity contribution in [3.63, 3.8) is 0 Å². The molecule has 1 aromatic rings. The number of hydrogen-bond donors (Lipinski definition) is 2. The van der Waals surface area contributed by atoms with Crippen molar-refractivity contribution in [2.45, 2.75) is 12.3 Å². The Morgan fingerprint density at radius 2 is 2.08 bits per heavy atom. The SMILES string of the molecule is Nc1ccc(C(F)(F)C(O)F)nc1. The summed E-state index contributed by atoms with van der Waals surface area (Å²) in [6, 6.07) is 2.01. The van der Waals surface area contributed by atoms with E-state index in [9.17, 15) is 13.2 Å². The van der Waals surface area contributed by atoms with Crippen LogP contribution in [0.1, 0.15) is 5.69 Å². The minimum absolute atomic E-state index is 0.188. The molecule has 1 heterocycles. The summed E-state index contributed by atoms with van der Waals surface area (Å²) < 4.78 is 37.4. The van der Waals surface area contributed by atoms with Crippen molar-refractivity contribution >= 4 is 5.69 Å². The van der Waals surface area contributed by atoms with E-state index in [2.05, 4.69) is 4.98 Å². The first-order chi connectivity index (χ1) is 5.94. The first kappa shape index (κ1) is 9.79. The highest BCUT2D eigenvalue weighted by atomic mass is 19.3. The van der Waals surface area contributed by atoms with Crippen molar-refractivity contribution < 1.29 is 18.3 Å². The maximum absolute atomic E-state index is 12.7. The van der Waals surface area contributed by atoms with Crippen molar-refractivity contribution in [2.24, 2.45) is 0 Å². The van der Waals surface area contributed by atoms with Gasteiger partial charge in [0.05, 0.1) is 11.9 Å². The molecule has 72 valence electrons. The first-order valence-corrected chi connectivity index (χ1v) is 3.36. The van der Waals surface area contributed by atoms with E-state index in [0.717, 1.165) is 18.3 Å². The van der Waals surface area contributed by atoms with Crippen LogP contribution in [0.3, 0.4) is 0 Å². The van der Waals surface area contributed by atoms with Gasteiger partial charge in [0.15, 0.2) is 0 Å². The molecule has 1 atom stereocenters. The lowest BCUT2D eigenvalue weighted by molar-refractivity contribution is -0.177. The number of aliphatic hydroxyl groups is 1. The standard InChI is InChI=1S/C7H7F3N2O/c8-6(13)7(9,10)5-2-1-4(11)3-12-5/h1-3,6,13H,11H2. The molecule has 6 heteroatoms. The lowest BCUT2D eigenvalue weighted by atomic mass is 10.2. The summed E-state index contributed by atoms with van der Waals surface area (Å²) in [5.74, 6) is -3.99. The molecule has 1 unspecified atom stereocenters. The second kappa shape index (κ2) is 3.21. The molecule has 0 aromatic carbocycles. The Labute approximate surface area is 72.0 Å². The third kappa shape index (κ3) is 1.89. The summed E-state index contributed by atoms with van der Waals surface area (Å²) in [6.07, 6.45) is -2.30. The molecular weight excluding hydrogens is 185 g/mol. The monoisotopic (exact) mass is 192 g/mol. The average Bonchev–Trinajstić information content (AvgIpc) is 2.04. The second-order valence-corrected chi connectivity index (χ2v) is 2.44. The van der Waals surface area contributed by atoms with Gasteiger partial charge in [0.25, 0.3) is 6.36 Å². The van der Waals surface area contributed by atoms with Gasteiger partial charge in [-0.15, -0.1) is 0 Å². The number of pyridine rings is 1. The Morgan fingerprint density at radius 1 is 1.46 bits per heavy atom. The van der Waals surface area contributed by atoms with E-state index in [1.807, 2.05) is 0 Å². The zero-order chi connectivity index (χ0) is 10.1. The maximum Gasteiger partial charge on any atom is 0.344 e. The van der Waals surface area contributed by atoms with E-state index in [0.29, 0.717) is 0 Å². The van der Waals surface area contributed by atoms with Gasteiger partial charge >= 0.3 is 5.92 Å². The number of nitrogen functional groups attached to an aromatic ring is 1. The molecule has 0 saturated heterocycles. The van der Waals surface area contributed by atoms with Crippen LogP contribution in [0.5, 0.6) is 0 Å². The van der Waals surface area contributed by atoms with E-state index in [4.69, 9.17) is 10.8 Å². The van der Waals surface area contributed by atoms with Crippen molar-refractivity contribution in [1.29, 1.82) is 0 Å². The van der Waals surface area contributed by atoms with Gasteiger partial charge in [-0.25, -0.2) is 4.39 Å². The van der Waals surface area contributed by atoms with Crippen LogP contribution in [0.4, 0.5) is 18.9 Å². The number of halogens is 3. The van der Waals surface area contributed by atoms with Crippen LogP contribution in [0.2, 0.25) is 0 Å². The highest BCUT2D eigenvalue weighted by molar-refractivity contribution is 5.35. The lowest BCUT2D eigenvalue weighted by Gasteiger charge is -2.15. The molecule has 0 aliphatic carbocycles. The van der Waals surface area contributed by atoms with Gasteiger partial charge in [-0.05, 0) is 12.1 Å². The van der Waals surface area contributed by atoms with E-state index in [1.54, 1.807) is 0 Å². The Hall–Kier alpha value is -1.30. The number of anilines is 1. The summed E-state index contributed by atoms with van der Waals surface area (Å²) in [4.78, 5) is 3.20. The van der Waals surface area contributed by atoms with E-state index >= 15 is 0 Å². The smallest absolute Gasteiger partial charge is 0.344 e. The normalized spacial score (nSPS) is 14.2. The third-order valence-electron chi connectivity index (χ3n) is 1.43. The summed E-state index contributed by atoms with van der Waals surface area (Å²) in [5, 5.41) is 8.11. The predicted molar refractivity (Wildman–Crippen MR) is 39.7 cm³/mol. The van der Waals surface area contributed by atoms with Crippen molar-refractivity contribution in [1.82, 2.24) is 4.98 Å². The highest BCUT2D eigenvalue weighted by Crippen LogP contribution is 2.30. The quantitative estimate of drug-likeness (QED) is 0.736. The molecule has 0 bridgehead atoms. The number of nitrogens with two attached hydrogens (primary N) is 1. The fraction of sp³-hybridized carbons (Fsp3) is 0.286. The minimum Gasteiger partial charge on any atom is -0.397 e. The predicted octanol–water partition coefficient (Wildman–Crippen LogP) is 1.04. The molecule has 1 rings (SSSR count). The molecule has 13 heavy (non-hydrogen) atoms. The van der Waals surface area contributed by atoms with Crippen molar-refractivity contribution in [3.05, 3.63) is 24.0 Å². The molecule has 1 aromatic heterocycles. The molecule has 0 radical (unpaired) electrons. The molecular formula is C7H7F3N2O. The Kier molecular flexibility index (Phi) is 2.42. The van der Waals surface area contributed by atoms with Crippen LogP contribution in [0, 0.1) is 0 Å². The number of alkyl halides is 3. The molecule has 0 aliphatic rings. The summed E-state index contributed by atoms with van der Waals surface area (Å²) in [6.45, 7) is 0. The van der Waals surface area contributed by atoms with Gasteiger partial charge in [0.2, 0.25) is 0 Å². The van der Waals surface area contributed by atoms with Gasteiger partial charge in [-0.1, -0.05) is 0 Å². The van der Waals surface area contributed by atoms with Crippen molar-refractivity contribution in [3.8, 4) is 0 Å². The number of nitrogens with zero attached hydrogens (tertiary/aromatic N) is 1. The van der Waals surface area contributed by atoms with Gasteiger partial charge < -0.3 is 10.8 Å². The number of hydrogen-bond acceptors (Lipinski definition) is 3.